The summed E-state index contributed by atoms with van der Waals surface area (Å²) in [6.07, 6.45) is 0. The molecule has 2 N–H and O–H groups in total. The van der Waals surface area contributed by atoms with Crippen LogP contribution in [0.5, 0.6) is 0 Å². The number of fused-ring (bicyclic) bond motifs is 1. The summed E-state index contributed by atoms with van der Waals surface area (Å²) in [5, 5.41) is 5.02. The lowest BCUT2D eigenvalue weighted by atomic mass is 10.3. The summed E-state index contributed by atoms with van der Waals surface area (Å²) in [7, 11) is -2.15. The monoisotopic (exact) mass is 285 g/mol. The Bertz CT molecular complexity index is 721. The summed E-state index contributed by atoms with van der Waals surface area (Å²) < 4.78 is 23.0. The predicted molar refractivity (Wildman–Crippen MR) is 70.1 cm³/mol. The molecule has 0 saturated heterocycles. The van der Waals surface area contributed by atoms with Crippen molar-refractivity contribution in [1.29, 1.82) is 0 Å². The van der Waals surface area contributed by atoms with Gasteiger partial charge in [-0.15, -0.1) is 11.3 Å². The van der Waals surface area contributed by atoms with Gasteiger partial charge in [0.2, 0.25) is 10.2 Å². The van der Waals surface area contributed by atoms with Crippen molar-refractivity contribution in [3.05, 3.63) is 18.2 Å². The molecule has 1 aromatic heterocycles. The molecule has 2 aromatic rings. The van der Waals surface area contributed by atoms with Crippen LogP contribution in [0.3, 0.4) is 0 Å². The van der Waals surface area contributed by atoms with E-state index in [0.29, 0.717) is 15.9 Å². The van der Waals surface area contributed by atoms with Crippen molar-refractivity contribution in [2.75, 3.05) is 11.9 Å². The number of nitrogens with two attached hydrogens (primary N) is 1. The predicted octanol–water partition coefficient (Wildman–Crippen LogP) is 0.926. The SMILES string of the molecule is CC(=O)N(C)c1ccc2sc(S(N)(=O)=O)nc2c1. The molecular formula is C10H11N3O3S2. The molecule has 1 aromatic carbocycles. The molecule has 96 valence electrons. The van der Waals surface area contributed by atoms with Gasteiger partial charge in [0.05, 0.1) is 10.2 Å². The Morgan fingerprint density at radius 1 is 1.44 bits per heavy atom. The first-order valence-electron chi connectivity index (χ1n) is 4.97. The molecule has 0 aliphatic rings. The Morgan fingerprint density at radius 2 is 2.11 bits per heavy atom. The van der Waals surface area contributed by atoms with Crippen LogP contribution in [-0.2, 0) is 14.8 Å². The second-order valence-electron chi connectivity index (χ2n) is 3.75. The number of primary sulfonamides is 1. The Labute approximate surface area is 108 Å². The van der Waals surface area contributed by atoms with E-state index in [1.54, 1.807) is 25.2 Å². The highest BCUT2D eigenvalue weighted by molar-refractivity contribution is 7.91. The second kappa shape index (κ2) is 4.30. The van der Waals surface area contributed by atoms with Gasteiger partial charge >= 0.3 is 0 Å². The number of hydrogen-bond donors (Lipinski definition) is 1. The lowest BCUT2D eigenvalue weighted by molar-refractivity contribution is -0.116. The molecule has 2 rings (SSSR count). The number of thiazole rings is 1. The summed E-state index contributed by atoms with van der Waals surface area (Å²) in [6.45, 7) is 1.45. The number of benzene rings is 1. The van der Waals surface area contributed by atoms with E-state index >= 15 is 0 Å². The normalized spacial score (nSPS) is 11.7. The highest BCUT2D eigenvalue weighted by Gasteiger charge is 2.15. The molecule has 0 atom stereocenters. The number of amides is 1. The molecular weight excluding hydrogens is 274 g/mol. The summed E-state index contributed by atoms with van der Waals surface area (Å²) >= 11 is 1.01. The van der Waals surface area contributed by atoms with Gasteiger partial charge in [-0.05, 0) is 18.2 Å². The third-order valence-corrected chi connectivity index (χ3v) is 4.81. The molecule has 0 radical (unpaired) electrons. The molecule has 18 heavy (non-hydrogen) atoms. The molecule has 0 unspecified atom stereocenters. The first-order valence-corrected chi connectivity index (χ1v) is 7.33. The number of rotatable bonds is 2. The van der Waals surface area contributed by atoms with E-state index in [9.17, 15) is 13.2 Å². The zero-order valence-electron chi connectivity index (χ0n) is 9.75. The molecule has 0 bridgehead atoms. The largest absolute Gasteiger partial charge is 0.316 e. The van der Waals surface area contributed by atoms with Crippen LogP contribution >= 0.6 is 11.3 Å². The molecule has 8 heteroatoms. The number of anilines is 1. The molecule has 6 nitrogen and oxygen atoms in total. The molecule has 1 heterocycles. The van der Waals surface area contributed by atoms with Gasteiger partial charge in [-0.2, -0.15) is 0 Å². The molecule has 0 aliphatic heterocycles. The Morgan fingerprint density at radius 3 is 2.67 bits per heavy atom. The molecule has 0 saturated carbocycles. The fraction of sp³-hybridized carbons (Fsp3) is 0.200. The topological polar surface area (TPSA) is 93.4 Å². The van der Waals surface area contributed by atoms with Gasteiger partial charge in [-0.3, -0.25) is 4.79 Å². The van der Waals surface area contributed by atoms with Crippen LogP contribution in [-0.4, -0.2) is 26.4 Å². The van der Waals surface area contributed by atoms with Crippen molar-refractivity contribution in [1.82, 2.24) is 4.98 Å². The summed E-state index contributed by atoms with van der Waals surface area (Å²) in [5.74, 6) is -0.115. The Balaban J connectivity index is 2.56. The van der Waals surface area contributed by atoms with E-state index in [1.807, 2.05) is 0 Å². The van der Waals surface area contributed by atoms with Crippen LogP contribution in [0.1, 0.15) is 6.92 Å². The maximum atomic E-state index is 11.2. The van der Waals surface area contributed by atoms with Crippen LogP contribution in [0.25, 0.3) is 10.2 Å². The van der Waals surface area contributed by atoms with Crippen LogP contribution < -0.4 is 10.0 Å². The summed E-state index contributed by atoms with van der Waals surface area (Å²) in [5.41, 5.74) is 1.16. The van der Waals surface area contributed by atoms with Gasteiger partial charge in [0.25, 0.3) is 10.0 Å². The minimum absolute atomic E-state index is 0.115. The average molecular weight is 285 g/mol. The Hall–Kier alpha value is -1.51. The number of sulfonamides is 1. The lowest BCUT2D eigenvalue weighted by Crippen LogP contribution is -2.22. The maximum Gasteiger partial charge on any atom is 0.265 e. The van der Waals surface area contributed by atoms with E-state index in [-0.39, 0.29) is 10.2 Å². The highest BCUT2D eigenvalue weighted by Crippen LogP contribution is 2.28. The lowest BCUT2D eigenvalue weighted by Gasteiger charge is -2.14. The third kappa shape index (κ3) is 2.35. The number of carbonyl (C=O) groups is 1. The third-order valence-electron chi connectivity index (χ3n) is 2.45. The van der Waals surface area contributed by atoms with E-state index in [1.165, 1.54) is 11.8 Å². The zero-order chi connectivity index (χ0) is 13.5. The fourth-order valence-electron chi connectivity index (χ4n) is 1.41. The van der Waals surface area contributed by atoms with Crippen LogP contribution in [0.15, 0.2) is 22.5 Å². The molecule has 1 amide bonds. The van der Waals surface area contributed by atoms with Crippen LogP contribution in [0.2, 0.25) is 0 Å². The molecule has 0 aliphatic carbocycles. The van der Waals surface area contributed by atoms with Gasteiger partial charge in [-0.25, -0.2) is 18.5 Å². The second-order valence-corrected chi connectivity index (χ2v) is 6.52. The van der Waals surface area contributed by atoms with Crippen molar-refractivity contribution in [2.45, 2.75) is 11.3 Å². The van der Waals surface area contributed by atoms with Gasteiger partial charge in [-0.1, -0.05) is 0 Å². The van der Waals surface area contributed by atoms with Crippen LogP contribution in [0, 0.1) is 0 Å². The van der Waals surface area contributed by atoms with Crippen molar-refractivity contribution in [3.63, 3.8) is 0 Å². The van der Waals surface area contributed by atoms with E-state index < -0.39 is 10.0 Å². The fourth-order valence-corrected chi connectivity index (χ4v) is 3.04. The summed E-state index contributed by atoms with van der Waals surface area (Å²) in [6, 6.07) is 5.10. The van der Waals surface area contributed by atoms with E-state index in [2.05, 4.69) is 4.98 Å². The number of nitrogens with zero attached hydrogens (tertiary/aromatic N) is 2. The minimum atomic E-state index is -3.79. The first kappa shape index (κ1) is 12.9. The highest BCUT2D eigenvalue weighted by atomic mass is 32.2. The minimum Gasteiger partial charge on any atom is -0.316 e. The van der Waals surface area contributed by atoms with E-state index in [0.717, 1.165) is 11.3 Å². The average Bonchev–Trinajstić information content (AvgIpc) is 2.69. The van der Waals surface area contributed by atoms with Crippen molar-refractivity contribution >= 4 is 43.2 Å². The van der Waals surface area contributed by atoms with E-state index in [4.69, 9.17) is 5.14 Å². The van der Waals surface area contributed by atoms with Crippen molar-refractivity contribution < 1.29 is 13.2 Å². The Kier molecular flexibility index (Phi) is 3.09. The quantitative estimate of drug-likeness (QED) is 0.888. The zero-order valence-corrected chi connectivity index (χ0v) is 11.4. The standard InChI is InChI=1S/C10H11N3O3S2/c1-6(14)13(2)7-3-4-9-8(5-7)12-10(17-9)18(11,15)16/h3-5H,1-2H3,(H2,11,15,16). The number of aromatic nitrogens is 1. The van der Waals surface area contributed by atoms with Gasteiger partial charge in [0, 0.05) is 19.7 Å². The van der Waals surface area contributed by atoms with Gasteiger partial charge < -0.3 is 4.90 Å². The van der Waals surface area contributed by atoms with Crippen molar-refractivity contribution in [2.24, 2.45) is 5.14 Å². The first-order chi connectivity index (χ1) is 8.29. The number of hydrogen-bond acceptors (Lipinski definition) is 5. The molecule has 0 spiro atoms. The molecule has 0 fully saturated rings. The maximum absolute atomic E-state index is 11.2. The van der Waals surface area contributed by atoms with Gasteiger partial charge in [0.15, 0.2) is 0 Å². The van der Waals surface area contributed by atoms with Crippen molar-refractivity contribution in [3.8, 4) is 0 Å². The summed E-state index contributed by atoms with van der Waals surface area (Å²) in [4.78, 5) is 16.6. The number of carbonyl (C=O) groups excluding carboxylic acids is 1. The van der Waals surface area contributed by atoms with Gasteiger partial charge in [0.1, 0.15) is 0 Å². The van der Waals surface area contributed by atoms with Crippen LogP contribution in [0.4, 0.5) is 5.69 Å². The smallest absolute Gasteiger partial charge is 0.265 e.